The number of nitrogens with one attached hydrogen (secondary N) is 1. The van der Waals surface area contributed by atoms with Gasteiger partial charge in [0.05, 0.1) is 5.56 Å². The second kappa shape index (κ2) is 5.83. The second-order valence-corrected chi connectivity index (χ2v) is 6.62. The third-order valence-electron chi connectivity index (χ3n) is 3.92. The van der Waals surface area contributed by atoms with Crippen molar-refractivity contribution >= 4 is 28.3 Å². The zero-order valence-corrected chi connectivity index (χ0v) is 12.8. The molecule has 110 valence electrons. The van der Waals surface area contributed by atoms with Crippen molar-refractivity contribution in [3.8, 4) is 0 Å². The van der Waals surface area contributed by atoms with Crippen molar-refractivity contribution in [3.05, 3.63) is 16.0 Å². The van der Waals surface area contributed by atoms with Crippen LogP contribution in [0, 0.1) is 19.8 Å². The Morgan fingerprint density at radius 3 is 2.55 bits per heavy atom. The maximum atomic E-state index is 12.1. The Bertz CT molecular complexity index is 535. The van der Waals surface area contributed by atoms with E-state index in [1.54, 1.807) is 18.9 Å². The lowest BCUT2D eigenvalue weighted by Gasteiger charge is -2.30. The van der Waals surface area contributed by atoms with E-state index in [4.69, 9.17) is 0 Å². The number of hydrogen-bond donors (Lipinski definition) is 2. The molecule has 1 aliphatic carbocycles. The number of carboxylic acid groups (broad SMARTS) is 1. The van der Waals surface area contributed by atoms with E-state index in [-0.39, 0.29) is 11.6 Å². The molecule has 2 amide bonds. The largest absolute Gasteiger partial charge is 0.478 e. The van der Waals surface area contributed by atoms with E-state index in [0.717, 1.165) is 17.0 Å². The zero-order chi connectivity index (χ0) is 14.9. The molecule has 1 aliphatic rings. The van der Waals surface area contributed by atoms with Crippen LogP contribution in [0.15, 0.2) is 0 Å². The van der Waals surface area contributed by atoms with E-state index >= 15 is 0 Å². The van der Waals surface area contributed by atoms with Crippen LogP contribution in [-0.4, -0.2) is 35.6 Å². The lowest BCUT2D eigenvalue weighted by molar-refractivity contribution is 0.0697. The molecular weight excluding hydrogens is 276 g/mol. The van der Waals surface area contributed by atoms with Crippen LogP contribution >= 0.6 is 11.3 Å². The number of amides is 2. The van der Waals surface area contributed by atoms with E-state index in [1.807, 2.05) is 6.92 Å². The van der Waals surface area contributed by atoms with Gasteiger partial charge in [0.2, 0.25) is 0 Å². The normalized spacial score (nSPS) is 14.8. The van der Waals surface area contributed by atoms with Crippen molar-refractivity contribution < 1.29 is 14.7 Å². The number of nitrogens with zero attached hydrogens (tertiary/aromatic N) is 1. The maximum Gasteiger partial charge on any atom is 0.338 e. The van der Waals surface area contributed by atoms with Crippen LogP contribution in [0.5, 0.6) is 0 Å². The first kappa shape index (κ1) is 14.8. The summed E-state index contributed by atoms with van der Waals surface area (Å²) in [6, 6.07) is -0.236. The highest BCUT2D eigenvalue weighted by Crippen LogP contribution is 2.33. The summed E-state index contributed by atoms with van der Waals surface area (Å²) in [5.41, 5.74) is 0.928. The third kappa shape index (κ3) is 2.95. The topological polar surface area (TPSA) is 69.6 Å². The predicted molar refractivity (Wildman–Crippen MR) is 79.7 cm³/mol. The van der Waals surface area contributed by atoms with Crippen molar-refractivity contribution in [1.29, 1.82) is 0 Å². The van der Waals surface area contributed by atoms with Crippen molar-refractivity contribution in [2.45, 2.75) is 33.1 Å². The van der Waals surface area contributed by atoms with Gasteiger partial charge in [0.15, 0.2) is 0 Å². The number of hydrogen-bond acceptors (Lipinski definition) is 3. The summed E-state index contributed by atoms with van der Waals surface area (Å²) >= 11 is 1.31. The summed E-state index contributed by atoms with van der Waals surface area (Å²) in [7, 11) is 1.75. The van der Waals surface area contributed by atoms with Gasteiger partial charge < -0.3 is 10.0 Å². The van der Waals surface area contributed by atoms with Crippen LogP contribution in [0.4, 0.5) is 9.80 Å². The van der Waals surface area contributed by atoms with Crippen LogP contribution in [0.1, 0.15) is 40.1 Å². The Hall–Kier alpha value is -1.56. The lowest BCUT2D eigenvalue weighted by Crippen LogP contribution is -2.37. The molecule has 1 saturated carbocycles. The number of carboxylic acids is 1. The Morgan fingerprint density at radius 1 is 1.40 bits per heavy atom. The summed E-state index contributed by atoms with van der Waals surface area (Å²) in [5, 5.41) is 12.4. The average Bonchev–Trinajstić information content (AvgIpc) is 2.59. The molecule has 1 fully saturated rings. The minimum atomic E-state index is -0.996. The average molecular weight is 296 g/mol. The molecule has 1 aromatic heterocycles. The molecule has 5 nitrogen and oxygen atoms in total. The Morgan fingerprint density at radius 2 is 2.05 bits per heavy atom. The van der Waals surface area contributed by atoms with Crippen LogP contribution in [0.2, 0.25) is 0 Å². The van der Waals surface area contributed by atoms with Gasteiger partial charge in [-0.3, -0.25) is 5.32 Å². The smallest absolute Gasteiger partial charge is 0.338 e. The molecule has 6 heteroatoms. The second-order valence-electron chi connectivity index (χ2n) is 5.40. The number of aromatic carboxylic acids is 1. The highest BCUT2D eigenvalue weighted by atomic mass is 32.1. The minimum absolute atomic E-state index is 0.206. The highest BCUT2D eigenvalue weighted by Gasteiger charge is 2.24. The van der Waals surface area contributed by atoms with Gasteiger partial charge in [-0.05, 0) is 38.2 Å². The molecule has 0 saturated heterocycles. The molecule has 0 atom stereocenters. The van der Waals surface area contributed by atoms with E-state index in [1.165, 1.54) is 30.6 Å². The summed E-state index contributed by atoms with van der Waals surface area (Å²) in [4.78, 5) is 25.9. The fourth-order valence-corrected chi connectivity index (χ4v) is 3.35. The Kier molecular flexibility index (Phi) is 4.32. The van der Waals surface area contributed by atoms with Gasteiger partial charge in [-0.25, -0.2) is 9.59 Å². The first-order chi connectivity index (χ1) is 9.40. The molecule has 0 aromatic carbocycles. The first-order valence-corrected chi connectivity index (χ1v) is 7.57. The lowest BCUT2D eigenvalue weighted by atomic mass is 9.85. The van der Waals surface area contributed by atoms with Crippen molar-refractivity contribution in [2.75, 3.05) is 18.9 Å². The van der Waals surface area contributed by atoms with Crippen LogP contribution in [-0.2, 0) is 0 Å². The summed E-state index contributed by atoms with van der Waals surface area (Å²) in [6.07, 6.45) is 3.59. The third-order valence-corrected chi connectivity index (χ3v) is 5.05. The Balaban J connectivity index is 2.07. The molecule has 1 aromatic rings. The van der Waals surface area contributed by atoms with Gasteiger partial charge in [-0.15, -0.1) is 11.3 Å². The summed E-state index contributed by atoms with van der Waals surface area (Å²) in [6.45, 7) is 4.36. The van der Waals surface area contributed by atoms with Gasteiger partial charge in [-0.1, -0.05) is 6.42 Å². The molecule has 0 aliphatic heterocycles. The minimum Gasteiger partial charge on any atom is -0.478 e. The van der Waals surface area contributed by atoms with Gasteiger partial charge in [0.1, 0.15) is 5.00 Å². The number of aryl methyl sites for hydroxylation is 1. The van der Waals surface area contributed by atoms with Crippen molar-refractivity contribution in [3.63, 3.8) is 0 Å². The van der Waals surface area contributed by atoms with Crippen LogP contribution < -0.4 is 5.32 Å². The quantitative estimate of drug-likeness (QED) is 0.895. The van der Waals surface area contributed by atoms with E-state index in [2.05, 4.69) is 5.32 Å². The monoisotopic (exact) mass is 296 g/mol. The standard InChI is InChI=1S/C14H20N2O3S/c1-8-9(2)20-12(11(8)13(17)18)15-14(19)16(3)7-10-5-4-6-10/h10H,4-7H2,1-3H3,(H,15,19)(H,17,18). The maximum absolute atomic E-state index is 12.1. The number of anilines is 1. The molecule has 20 heavy (non-hydrogen) atoms. The van der Waals surface area contributed by atoms with Crippen LogP contribution in [0.25, 0.3) is 0 Å². The first-order valence-electron chi connectivity index (χ1n) is 6.75. The summed E-state index contributed by atoms with van der Waals surface area (Å²) in [5.74, 6) is -0.403. The fraction of sp³-hybridized carbons (Fsp3) is 0.571. The van der Waals surface area contributed by atoms with Gasteiger partial charge in [0, 0.05) is 18.5 Å². The summed E-state index contributed by atoms with van der Waals surface area (Å²) < 4.78 is 0. The van der Waals surface area contributed by atoms with Crippen molar-refractivity contribution in [1.82, 2.24) is 4.90 Å². The molecule has 2 N–H and O–H groups in total. The van der Waals surface area contributed by atoms with Crippen LogP contribution in [0.3, 0.4) is 0 Å². The number of thiophene rings is 1. The fourth-order valence-electron chi connectivity index (χ4n) is 2.31. The SMILES string of the molecule is Cc1sc(NC(=O)N(C)CC2CCC2)c(C(=O)O)c1C. The molecule has 2 rings (SSSR count). The highest BCUT2D eigenvalue weighted by molar-refractivity contribution is 7.16. The molecule has 0 spiro atoms. The Labute approximate surface area is 122 Å². The number of carbonyl (C=O) groups is 2. The molecular formula is C14H20N2O3S. The number of rotatable bonds is 4. The van der Waals surface area contributed by atoms with Gasteiger partial charge >= 0.3 is 12.0 Å². The molecule has 0 bridgehead atoms. The zero-order valence-electron chi connectivity index (χ0n) is 12.0. The van der Waals surface area contributed by atoms with Gasteiger partial charge in [-0.2, -0.15) is 0 Å². The molecule has 0 unspecified atom stereocenters. The number of carbonyl (C=O) groups excluding carboxylic acids is 1. The van der Waals surface area contributed by atoms with E-state index in [9.17, 15) is 14.7 Å². The van der Waals surface area contributed by atoms with E-state index < -0.39 is 5.97 Å². The predicted octanol–water partition coefficient (Wildman–Crippen LogP) is 3.33. The molecule has 0 radical (unpaired) electrons. The molecule has 1 heterocycles. The van der Waals surface area contributed by atoms with Crippen molar-refractivity contribution in [2.24, 2.45) is 5.92 Å². The van der Waals surface area contributed by atoms with E-state index in [0.29, 0.717) is 10.9 Å². The number of urea groups is 1. The van der Waals surface area contributed by atoms with Gasteiger partial charge in [0.25, 0.3) is 0 Å².